The molecule has 0 amide bonds. The van der Waals surface area contributed by atoms with Gasteiger partial charge in [0.05, 0.1) is 24.3 Å². The Morgan fingerprint density at radius 3 is 2.74 bits per heavy atom. The zero-order valence-electron chi connectivity index (χ0n) is 17.3. The second-order valence-corrected chi connectivity index (χ2v) is 8.48. The highest BCUT2D eigenvalue weighted by atomic mass is 35.5. The molecule has 0 N–H and O–H groups in total. The summed E-state index contributed by atoms with van der Waals surface area (Å²) in [6.07, 6.45) is 2.80. The zero-order valence-corrected chi connectivity index (χ0v) is 18.1. The van der Waals surface area contributed by atoms with Crippen LogP contribution in [0.1, 0.15) is 27.9 Å². The van der Waals surface area contributed by atoms with Gasteiger partial charge in [-0.2, -0.15) is 0 Å². The minimum atomic E-state index is -0.109. The van der Waals surface area contributed by atoms with Gasteiger partial charge in [-0.25, -0.2) is 0 Å². The molecule has 31 heavy (non-hydrogen) atoms. The van der Waals surface area contributed by atoms with Gasteiger partial charge in [0.1, 0.15) is 18.2 Å². The standard InChI is InChI=1S/C24H25ClN2O4/c25-18-4-1-3-17(13-18)14-22-23(28)19-5-6-21-20(24(19)31-22)15-27(16-30-21)8-2-7-26-9-11-29-12-10-26/h1,3-6,13-14H,2,7-12,15-16H2/b22-14-. The molecule has 7 heteroatoms. The molecule has 0 bridgehead atoms. The molecule has 6 nitrogen and oxygen atoms in total. The van der Waals surface area contributed by atoms with Gasteiger partial charge in [-0.1, -0.05) is 23.7 Å². The average molecular weight is 441 g/mol. The van der Waals surface area contributed by atoms with E-state index in [1.165, 1.54) is 0 Å². The molecule has 3 aliphatic heterocycles. The van der Waals surface area contributed by atoms with E-state index in [1.54, 1.807) is 18.2 Å². The molecule has 2 aromatic carbocycles. The Kier molecular flexibility index (Phi) is 5.96. The molecule has 0 radical (unpaired) electrons. The fourth-order valence-electron chi connectivity index (χ4n) is 4.24. The van der Waals surface area contributed by atoms with Crippen molar-refractivity contribution >= 4 is 23.5 Å². The van der Waals surface area contributed by atoms with Crippen molar-refractivity contribution in [3.8, 4) is 11.5 Å². The van der Waals surface area contributed by atoms with Gasteiger partial charge in [0.2, 0.25) is 5.78 Å². The fourth-order valence-corrected chi connectivity index (χ4v) is 4.44. The monoisotopic (exact) mass is 440 g/mol. The lowest BCUT2D eigenvalue weighted by Gasteiger charge is -2.31. The molecule has 0 atom stereocenters. The van der Waals surface area contributed by atoms with Crippen molar-refractivity contribution in [2.45, 2.75) is 13.0 Å². The maximum Gasteiger partial charge on any atom is 0.231 e. The van der Waals surface area contributed by atoms with Crippen LogP contribution in [0.15, 0.2) is 42.2 Å². The summed E-state index contributed by atoms with van der Waals surface area (Å²) in [6, 6.07) is 11.0. The smallest absolute Gasteiger partial charge is 0.231 e. The number of halogens is 1. The molecule has 1 fully saturated rings. The lowest BCUT2D eigenvalue weighted by Crippen LogP contribution is -2.39. The van der Waals surface area contributed by atoms with Gasteiger partial charge < -0.3 is 14.2 Å². The SMILES string of the molecule is O=C1/C(=C/c2cccc(Cl)c2)Oc2c1ccc1c2CN(CCCN2CCOCC2)CO1. The van der Waals surface area contributed by atoms with Crippen LogP contribution in [0.4, 0.5) is 0 Å². The second-order valence-electron chi connectivity index (χ2n) is 8.05. The van der Waals surface area contributed by atoms with E-state index in [-0.39, 0.29) is 5.78 Å². The number of allylic oxidation sites excluding steroid dienone is 1. The molecule has 1 saturated heterocycles. The first-order valence-electron chi connectivity index (χ1n) is 10.7. The third-order valence-electron chi connectivity index (χ3n) is 5.88. The number of nitrogens with zero attached hydrogens (tertiary/aromatic N) is 2. The van der Waals surface area contributed by atoms with Crippen LogP contribution in [0.3, 0.4) is 0 Å². The summed E-state index contributed by atoms with van der Waals surface area (Å²) in [5, 5.41) is 0.621. The van der Waals surface area contributed by atoms with Crippen LogP contribution in [0.25, 0.3) is 6.08 Å². The molecule has 0 aliphatic carbocycles. The van der Waals surface area contributed by atoms with Crippen molar-refractivity contribution < 1.29 is 19.0 Å². The maximum absolute atomic E-state index is 12.9. The van der Waals surface area contributed by atoms with Crippen molar-refractivity contribution in [2.75, 3.05) is 46.1 Å². The Hall–Kier alpha value is -2.38. The number of ether oxygens (including phenoxy) is 3. The molecule has 5 rings (SSSR count). The summed E-state index contributed by atoms with van der Waals surface area (Å²) in [5.74, 6) is 1.62. The number of hydrogen-bond acceptors (Lipinski definition) is 6. The Balaban J connectivity index is 1.29. The molecular weight excluding hydrogens is 416 g/mol. The highest BCUT2D eigenvalue weighted by Crippen LogP contribution is 2.42. The summed E-state index contributed by atoms with van der Waals surface area (Å²) in [4.78, 5) is 17.6. The first kappa shape index (κ1) is 20.5. The Morgan fingerprint density at radius 2 is 1.90 bits per heavy atom. The molecule has 0 aromatic heterocycles. The predicted octanol–water partition coefficient (Wildman–Crippen LogP) is 3.83. The Bertz CT molecular complexity index is 1020. The van der Waals surface area contributed by atoms with Crippen LogP contribution in [-0.4, -0.2) is 61.7 Å². The Labute approximate surface area is 186 Å². The number of morpholine rings is 1. The molecule has 2 aromatic rings. The third-order valence-corrected chi connectivity index (χ3v) is 6.12. The molecule has 3 aliphatic rings. The minimum absolute atomic E-state index is 0.109. The molecule has 3 heterocycles. The highest BCUT2D eigenvalue weighted by molar-refractivity contribution is 6.30. The fraction of sp³-hybridized carbons (Fsp3) is 0.375. The van der Waals surface area contributed by atoms with Crippen LogP contribution >= 0.6 is 11.6 Å². The molecular formula is C24H25ClN2O4. The maximum atomic E-state index is 12.9. The van der Waals surface area contributed by atoms with Gasteiger partial charge in [0, 0.05) is 31.2 Å². The average Bonchev–Trinajstić information content (AvgIpc) is 3.10. The number of Topliss-reactive ketones (excluding diaryl/α,β-unsaturated/α-hetero) is 1. The van der Waals surface area contributed by atoms with Gasteiger partial charge in [-0.15, -0.1) is 0 Å². The number of benzene rings is 2. The van der Waals surface area contributed by atoms with Crippen LogP contribution < -0.4 is 9.47 Å². The normalized spacial score (nSPS) is 20.3. The van der Waals surface area contributed by atoms with Crippen LogP contribution in [0.5, 0.6) is 11.5 Å². The molecule has 0 unspecified atom stereocenters. The zero-order chi connectivity index (χ0) is 21.2. The largest absolute Gasteiger partial charge is 0.478 e. The van der Waals surface area contributed by atoms with E-state index < -0.39 is 0 Å². The van der Waals surface area contributed by atoms with E-state index in [1.807, 2.05) is 24.3 Å². The summed E-state index contributed by atoms with van der Waals surface area (Å²) in [7, 11) is 0. The third kappa shape index (κ3) is 4.48. The van der Waals surface area contributed by atoms with Gasteiger partial charge in [0.15, 0.2) is 5.76 Å². The summed E-state index contributed by atoms with van der Waals surface area (Å²) in [5.41, 5.74) is 2.36. The van der Waals surface area contributed by atoms with Gasteiger partial charge in [-0.3, -0.25) is 14.6 Å². The van der Waals surface area contributed by atoms with Crippen molar-refractivity contribution in [1.29, 1.82) is 0 Å². The van der Waals surface area contributed by atoms with E-state index in [0.717, 1.165) is 62.7 Å². The van der Waals surface area contributed by atoms with Gasteiger partial charge >= 0.3 is 0 Å². The number of carbonyl (C=O) groups excluding carboxylic acids is 1. The van der Waals surface area contributed by atoms with Crippen molar-refractivity contribution in [3.05, 3.63) is 63.9 Å². The number of hydrogen-bond donors (Lipinski definition) is 0. The molecule has 0 spiro atoms. The number of carbonyl (C=O) groups is 1. The number of rotatable bonds is 5. The highest BCUT2D eigenvalue weighted by Gasteiger charge is 2.33. The van der Waals surface area contributed by atoms with Crippen LogP contribution in [0, 0.1) is 0 Å². The first-order valence-corrected chi connectivity index (χ1v) is 11.1. The quantitative estimate of drug-likeness (QED) is 0.659. The minimum Gasteiger partial charge on any atom is -0.478 e. The lowest BCUT2D eigenvalue weighted by molar-refractivity contribution is 0.0329. The summed E-state index contributed by atoms with van der Waals surface area (Å²) >= 11 is 6.07. The van der Waals surface area contributed by atoms with E-state index in [2.05, 4.69) is 9.80 Å². The lowest BCUT2D eigenvalue weighted by atomic mass is 10.0. The van der Waals surface area contributed by atoms with Crippen LogP contribution in [0.2, 0.25) is 5.02 Å². The molecule has 162 valence electrons. The van der Waals surface area contributed by atoms with E-state index in [9.17, 15) is 4.79 Å². The summed E-state index contributed by atoms with van der Waals surface area (Å²) in [6.45, 7) is 6.90. The first-order chi connectivity index (χ1) is 15.2. The predicted molar refractivity (Wildman–Crippen MR) is 119 cm³/mol. The van der Waals surface area contributed by atoms with E-state index in [4.69, 9.17) is 25.8 Å². The van der Waals surface area contributed by atoms with Crippen molar-refractivity contribution in [3.63, 3.8) is 0 Å². The van der Waals surface area contributed by atoms with Crippen LogP contribution in [-0.2, 0) is 11.3 Å². The van der Waals surface area contributed by atoms with E-state index in [0.29, 0.717) is 35.4 Å². The number of ketones is 1. The molecule has 0 saturated carbocycles. The summed E-state index contributed by atoms with van der Waals surface area (Å²) < 4.78 is 17.4. The van der Waals surface area contributed by atoms with Gasteiger partial charge in [-0.05, 0) is 48.9 Å². The topological polar surface area (TPSA) is 51.2 Å². The van der Waals surface area contributed by atoms with Crippen molar-refractivity contribution in [2.24, 2.45) is 0 Å². The second kappa shape index (κ2) is 9.01. The van der Waals surface area contributed by atoms with Gasteiger partial charge in [0.25, 0.3) is 0 Å². The van der Waals surface area contributed by atoms with Crippen molar-refractivity contribution in [1.82, 2.24) is 9.80 Å². The Morgan fingerprint density at radius 1 is 1.06 bits per heavy atom. The number of fused-ring (bicyclic) bond motifs is 3. The van der Waals surface area contributed by atoms with E-state index >= 15 is 0 Å².